The van der Waals surface area contributed by atoms with Crippen LogP contribution in [0.4, 0.5) is 0 Å². The van der Waals surface area contributed by atoms with Crippen LogP contribution in [0.1, 0.15) is 12.0 Å². The van der Waals surface area contributed by atoms with Gasteiger partial charge in [0.2, 0.25) is 5.91 Å². The smallest absolute Gasteiger partial charge is 0.328 e. The second-order valence-electron chi connectivity index (χ2n) is 5.99. The topological polar surface area (TPSA) is 64.6 Å². The highest BCUT2D eigenvalue weighted by Gasteiger charge is 2.29. The minimum atomic E-state index is -0.700. The van der Waals surface area contributed by atoms with Gasteiger partial charge in [0, 0.05) is 13.0 Å². The maximum atomic E-state index is 12.3. The number of benzene rings is 2. The number of methoxy groups -OCH3 is 1. The second-order valence-corrected chi connectivity index (χ2v) is 5.99. The molecule has 2 aromatic carbocycles. The predicted molar refractivity (Wildman–Crippen MR) is 90.5 cm³/mol. The normalized spacial score (nSPS) is 18.3. The summed E-state index contributed by atoms with van der Waals surface area (Å²) in [6.45, 7) is 0.998. The van der Waals surface area contributed by atoms with Crippen molar-refractivity contribution in [2.24, 2.45) is 5.92 Å². The van der Waals surface area contributed by atoms with E-state index in [1.807, 2.05) is 42.5 Å². The molecule has 2 aromatic rings. The molecule has 1 saturated heterocycles. The molecule has 1 N–H and O–H groups in total. The van der Waals surface area contributed by atoms with Gasteiger partial charge in [-0.1, -0.05) is 42.5 Å². The molecule has 0 bridgehead atoms. The van der Waals surface area contributed by atoms with Gasteiger partial charge < -0.3 is 14.8 Å². The van der Waals surface area contributed by atoms with Crippen molar-refractivity contribution in [2.45, 2.75) is 18.9 Å². The molecule has 0 radical (unpaired) electrons. The molecule has 0 spiro atoms. The lowest BCUT2D eigenvalue weighted by molar-refractivity contribution is -0.145. The number of hydrogen-bond donors (Lipinski definition) is 1. The summed E-state index contributed by atoms with van der Waals surface area (Å²) in [6, 6.07) is 13.3. The van der Waals surface area contributed by atoms with Crippen LogP contribution in [0, 0.1) is 5.92 Å². The molecule has 0 aromatic heterocycles. The molecule has 24 heavy (non-hydrogen) atoms. The lowest BCUT2D eigenvalue weighted by Crippen LogP contribution is -2.45. The van der Waals surface area contributed by atoms with E-state index in [9.17, 15) is 9.59 Å². The lowest BCUT2D eigenvalue weighted by Gasteiger charge is -2.19. The van der Waals surface area contributed by atoms with Gasteiger partial charge in [-0.25, -0.2) is 4.79 Å². The number of ether oxygens (including phenoxy) is 2. The van der Waals surface area contributed by atoms with Gasteiger partial charge in [0.05, 0.1) is 19.6 Å². The van der Waals surface area contributed by atoms with Crippen molar-refractivity contribution in [3.05, 3.63) is 48.0 Å². The summed E-state index contributed by atoms with van der Waals surface area (Å²) in [5, 5.41) is 5.01. The van der Waals surface area contributed by atoms with Crippen LogP contribution in [0.15, 0.2) is 42.5 Å². The fraction of sp³-hybridized carbons (Fsp3) is 0.368. The van der Waals surface area contributed by atoms with Crippen LogP contribution in [-0.2, 0) is 25.5 Å². The largest absolute Gasteiger partial charge is 0.467 e. The Labute approximate surface area is 140 Å². The Morgan fingerprint density at radius 1 is 1.25 bits per heavy atom. The predicted octanol–water partition coefficient (Wildman–Crippen LogP) is 2.08. The Morgan fingerprint density at radius 3 is 2.79 bits per heavy atom. The Morgan fingerprint density at radius 2 is 2.04 bits per heavy atom. The Bertz CT molecular complexity index is 732. The van der Waals surface area contributed by atoms with E-state index < -0.39 is 12.0 Å². The summed E-state index contributed by atoms with van der Waals surface area (Å²) in [4.78, 5) is 24.5. The fourth-order valence-corrected chi connectivity index (χ4v) is 3.06. The first-order valence-electron chi connectivity index (χ1n) is 8.11. The van der Waals surface area contributed by atoms with E-state index in [0.717, 1.165) is 16.3 Å². The summed E-state index contributed by atoms with van der Waals surface area (Å²) >= 11 is 0. The van der Waals surface area contributed by atoms with E-state index in [-0.39, 0.29) is 11.8 Å². The van der Waals surface area contributed by atoms with Crippen LogP contribution in [0.2, 0.25) is 0 Å². The third kappa shape index (κ3) is 3.57. The molecule has 3 rings (SSSR count). The van der Waals surface area contributed by atoms with Crippen molar-refractivity contribution in [1.82, 2.24) is 5.32 Å². The minimum Gasteiger partial charge on any atom is -0.467 e. The van der Waals surface area contributed by atoms with Crippen molar-refractivity contribution in [3.63, 3.8) is 0 Å². The van der Waals surface area contributed by atoms with Crippen molar-refractivity contribution in [2.75, 3.05) is 20.3 Å². The monoisotopic (exact) mass is 327 g/mol. The van der Waals surface area contributed by atoms with E-state index in [2.05, 4.69) is 5.32 Å². The molecule has 1 amide bonds. The molecule has 1 heterocycles. The van der Waals surface area contributed by atoms with Crippen molar-refractivity contribution < 1.29 is 19.1 Å². The van der Waals surface area contributed by atoms with Gasteiger partial charge in [0.15, 0.2) is 0 Å². The first-order chi connectivity index (χ1) is 11.7. The van der Waals surface area contributed by atoms with Gasteiger partial charge in [0.1, 0.15) is 6.04 Å². The molecule has 126 valence electrons. The van der Waals surface area contributed by atoms with Gasteiger partial charge in [-0.3, -0.25) is 4.79 Å². The summed E-state index contributed by atoms with van der Waals surface area (Å²) in [7, 11) is 1.34. The van der Waals surface area contributed by atoms with Crippen LogP contribution in [0.5, 0.6) is 0 Å². The number of esters is 1. The molecule has 2 atom stereocenters. The van der Waals surface area contributed by atoms with E-state index in [4.69, 9.17) is 9.47 Å². The van der Waals surface area contributed by atoms with E-state index in [1.54, 1.807) is 0 Å². The second kappa shape index (κ2) is 7.45. The number of hydrogen-bond acceptors (Lipinski definition) is 4. The average molecular weight is 327 g/mol. The summed E-state index contributed by atoms with van der Waals surface area (Å²) < 4.78 is 10.1. The summed E-state index contributed by atoms with van der Waals surface area (Å²) in [6.07, 6.45) is 1.08. The number of carbonyl (C=O) groups is 2. The van der Waals surface area contributed by atoms with E-state index in [1.165, 1.54) is 7.11 Å². The van der Waals surface area contributed by atoms with Gasteiger partial charge in [-0.2, -0.15) is 0 Å². The zero-order valence-corrected chi connectivity index (χ0v) is 13.7. The number of amides is 1. The van der Waals surface area contributed by atoms with Crippen molar-refractivity contribution in [3.8, 4) is 0 Å². The maximum absolute atomic E-state index is 12.3. The molecule has 1 fully saturated rings. The van der Waals surface area contributed by atoms with Crippen LogP contribution in [-0.4, -0.2) is 38.2 Å². The minimum absolute atomic E-state index is 0.150. The molecule has 0 saturated carbocycles. The number of carbonyl (C=O) groups excluding carboxylic acids is 2. The molecule has 5 heteroatoms. The fourth-order valence-electron chi connectivity index (χ4n) is 3.06. The number of rotatable bonds is 5. The Hall–Kier alpha value is -2.40. The SMILES string of the molecule is COC(=O)[C@H](Cc1cccc2ccccc12)NC(=O)[C@@H]1CCOC1. The van der Waals surface area contributed by atoms with E-state index >= 15 is 0 Å². The molecule has 5 nitrogen and oxygen atoms in total. The average Bonchev–Trinajstić information content (AvgIpc) is 3.15. The molecular weight excluding hydrogens is 306 g/mol. The molecule has 1 aliphatic rings. The highest BCUT2D eigenvalue weighted by Crippen LogP contribution is 2.20. The lowest BCUT2D eigenvalue weighted by atomic mass is 9.98. The molecular formula is C19H21NO4. The van der Waals surface area contributed by atoms with Crippen LogP contribution >= 0.6 is 0 Å². The first-order valence-corrected chi connectivity index (χ1v) is 8.11. The summed E-state index contributed by atoms with van der Waals surface area (Å²) in [5.41, 5.74) is 1.01. The molecule has 1 aliphatic heterocycles. The van der Waals surface area contributed by atoms with Crippen molar-refractivity contribution in [1.29, 1.82) is 0 Å². The standard InChI is InChI=1S/C19H21NO4/c1-23-19(22)17(20-18(21)15-9-10-24-12-15)11-14-7-4-6-13-5-2-3-8-16(13)14/h2-8,15,17H,9-12H2,1H3,(H,20,21)/t15-,17+/m1/s1. The van der Waals surface area contributed by atoms with Gasteiger partial charge in [0.25, 0.3) is 0 Å². The van der Waals surface area contributed by atoms with Crippen LogP contribution in [0.25, 0.3) is 10.8 Å². The Balaban J connectivity index is 1.81. The van der Waals surface area contributed by atoms with Crippen molar-refractivity contribution >= 4 is 22.6 Å². The third-order valence-electron chi connectivity index (χ3n) is 4.41. The maximum Gasteiger partial charge on any atom is 0.328 e. The van der Waals surface area contributed by atoms with E-state index in [0.29, 0.717) is 26.1 Å². The number of nitrogens with one attached hydrogen (secondary N) is 1. The molecule has 0 aliphatic carbocycles. The van der Waals surface area contributed by atoms with Crippen LogP contribution < -0.4 is 5.32 Å². The van der Waals surface area contributed by atoms with Gasteiger partial charge in [-0.05, 0) is 22.8 Å². The van der Waals surface area contributed by atoms with Gasteiger partial charge >= 0.3 is 5.97 Å². The Kier molecular flexibility index (Phi) is 5.11. The zero-order valence-electron chi connectivity index (χ0n) is 13.7. The highest BCUT2D eigenvalue weighted by atomic mass is 16.5. The zero-order chi connectivity index (χ0) is 16.9. The number of fused-ring (bicyclic) bond motifs is 1. The summed E-state index contributed by atoms with van der Waals surface area (Å²) in [5.74, 6) is -0.775. The van der Waals surface area contributed by atoms with Crippen LogP contribution in [0.3, 0.4) is 0 Å². The quantitative estimate of drug-likeness (QED) is 0.854. The highest BCUT2D eigenvalue weighted by molar-refractivity contribution is 5.89. The first kappa shape index (κ1) is 16.5. The third-order valence-corrected chi connectivity index (χ3v) is 4.41. The molecule has 0 unspecified atom stereocenters. The van der Waals surface area contributed by atoms with Gasteiger partial charge in [-0.15, -0.1) is 0 Å².